The largest absolute Gasteiger partial charge is 0.490 e. The maximum absolute atomic E-state index is 12.7. The van der Waals surface area contributed by atoms with Gasteiger partial charge in [-0.25, -0.2) is 0 Å². The van der Waals surface area contributed by atoms with Crippen LogP contribution in [0, 0.1) is 10.1 Å². The fraction of sp³-hybridized carbons (Fsp3) is 0.350. The van der Waals surface area contributed by atoms with E-state index in [4.69, 9.17) is 21.1 Å². The van der Waals surface area contributed by atoms with Gasteiger partial charge in [0.25, 0.3) is 5.91 Å². The van der Waals surface area contributed by atoms with Crippen molar-refractivity contribution in [3.63, 3.8) is 0 Å². The number of methoxy groups -OCH3 is 1. The van der Waals surface area contributed by atoms with Crippen LogP contribution >= 0.6 is 11.6 Å². The molecule has 1 aliphatic rings. The number of carbonyl (C=O) groups excluding carboxylic acids is 1. The fourth-order valence-electron chi connectivity index (χ4n) is 3.46. The van der Waals surface area contributed by atoms with Crippen LogP contribution in [-0.2, 0) is 10.2 Å². The third kappa shape index (κ3) is 4.26. The van der Waals surface area contributed by atoms with E-state index in [2.05, 4.69) is 5.32 Å². The van der Waals surface area contributed by atoms with E-state index in [-0.39, 0.29) is 28.3 Å². The van der Waals surface area contributed by atoms with Crippen LogP contribution in [0.25, 0.3) is 0 Å². The van der Waals surface area contributed by atoms with Gasteiger partial charge in [0.15, 0.2) is 5.75 Å². The number of hydrogen-bond acceptors (Lipinski definition) is 5. The molecule has 7 nitrogen and oxygen atoms in total. The SMILES string of the molecule is COc1ccc(C(=O)NCC2(c3ccc(Cl)cc3)CCOCC2)cc1[N+](=O)[O-]. The maximum atomic E-state index is 12.7. The van der Waals surface area contributed by atoms with Crippen LogP contribution in [0.1, 0.15) is 28.8 Å². The van der Waals surface area contributed by atoms with Gasteiger partial charge in [-0.3, -0.25) is 14.9 Å². The molecule has 0 aliphatic carbocycles. The number of hydrogen-bond donors (Lipinski definition) is 1. The number of rotatable bonds is 6. The molecule has 0 saturated carbocycles. The lowest BCUT2D eigenvalue weighted by molar-refractivity contribution is -0.385. The first-order valence-electron chi connectivity index (χ1n) is 8.90. The van der Waals surface area contributed by atoms with Gasteiger partial charge < -0.3 is 14.8 Å². The van der Waals surface area contributed by atoms with E-state index >= 15 is 0 Å². The molecule has 1 N–H and O–H groups in total. The number of nitro benzene ring substituents is 1. The van der Waals surface area contributed by atoms with E-state index in [1.807, 2.05) is 24.3 Å². The van der Waals surface area contributed by atoms with E-state index in [0.717, 1.165) is 18.4 Å². The van der Waals surface area contributed by atoms with E-state index < -0.39 is 4.92 Å². The van der Waals surface area contributed by atoms with Crippen LogP contribution < -0.4 is 10.1 Å². The van der Waals surface area contributed by atoms with Crippen molar-refractivity contribution in [2.45, 2.75) is 18.3 Å². The van der Waals surface area contributed by atoms with Crippen LogP contribution in [-0.4, -0.2) is 37.7 Å². The van der Waals surface area contributed by atoms with Gasteiger partial charge in [0.2, 0.25) is 0 Å². The van der Waals surface area contributed by atoms with Crippen LogP contribution in [0.2, 0.25) is 5.02 Å². The molecule has 1 saturated heterocycles. The van der Waals surface area contributed by atoms with Gasteiger partial charge in [0.05, 0.1) is 12.0 Å². The Morgan fingerprint density at radius 1 is 1.25 bits per heavy atom. The number of halogens is 1. The second-order valence-corrected chi connectivity index (χ2v) is 7.16. The van der Waals surface area contributed by atoms with Gasteiger partial charge in [0.1, 0.15) is 0 Å². The molecule has 148 valence electrons. The highest BCUT2D eigenvalue weighted by Gasteiger charge is 2.35. The van der Waals surface area contributed by atoms with Crippen molar-refractivity contribution in [2.24, 2.45) is 0 Å². The Labute approximate surface area is 167 Å². The minimum atomic E-state index is -0.566. The van der Waals surface area contributed by atoms with Gasteiger partial charge in [-0.15, -0.1) is 0 Å². The van der Waals surface area contributed by atoms with Crippen LogP contribution in [0.15, 0.2) is 42.5 Å². The predicted molar refractivity (Wildman–Crippen MR) is 105 cm³/mol. The molecule has 0 aromatic heterocycles. The standard InChI is InChI=1S/C20H21ClN2O5/c1-27-18-7-2-14(12-17(18)23(25)26)19(24)22-13-20(8-10-28-11-9-20)15-3-5-16(21)6-4-15/h2-7,12H,8-11,13H2,1H3,(H,22,24). The van der Waals surface area contributed by atoms with E-state index in [1.54, 1.807) is 0 Å². The molecule has 1 amide bonds. The molecule has 0 radical (unpaired) electrons. The molecule has 28 heavy (non-hydrogen) atoms. The Balaban J connectivity index is 1.80. The molecule has 1 fully saturated rings. The Kier molecular flexibility index (Phi) is 6.16. The van der Waals surface area contributed by atoms with Gasteiger partial charge in [0, 0.05) is 41.8 Å². The summed E-state index contributed by atoms with van der Waals surface area (Å²) in [7, 11) is 1.35. The summed E-state index contributed by atoms with van der Waals surface area (Å²) in [6, 6.07) is 11.8. The van der Waals surface area contributed by atoms with Crippen molar-refractivity contribution in [3.05, 3.63) is 68.7 Å². The summed E-state index contributed by atoms with van der Waals surface area (Å²) in [5.41, 5.74) is 0.789. The molecule has 1 heterocycles. The monoisotopic (exact) mass is 404 g/mol. The molecule has 0 spiro atoms. The average molecular weight is 405 g/mol. The summed E-state index contributed by atoms with van der Waals surface area (Å²) in [6.07, 6.45) is 1.52. The van der Waals surface area contributed by atoms with Crippen molar-refractivity contribution < 1.29 is 19.2 Å². The van der Waals surface area contributed by atoms with E-state index in [0.29, 0.717) is 24.8 Å². The zero-order chi connectivity index (χ0) is 20.1. The maximum Gasteiger partial charge on any atom is 0.311 e. The Bertz CT molecular complexity index is 863. The van der Waals surface area contributed by atoms with E-state index in [1.165, 1.54) is 25.3 Å². The van der Waals surface area contributed by atoms with Crippen LogP contribution in [0.3, 0.4) is 0 Å². The molecular formula is C20H21ClN2O5. The average Bonchev–Trinajstić information content (AvgIpc) is 2.72. The summed E-state index contributed by atoms with van der Waals surface area (Å²) in [5.74, 6) is -0.255. The molecule has 1 aliphatic heterocycles. The highest BCUT2D eigenvalue weighted by molar-refractivity contribution is 6.30. The summed E-state index contributed by atoms with van der Waals surface area (Å²) in [6.45, 7) is 1.61. The quantitative estimate of drug-likeness (QED) is 0.585. The van der Waals surface area contributed by atoms with Crippen molar-refractivity contribution in [2.75, 3.05) is 26.9 Å². The molecule has 8 heteroatoms. The first-order valence-corrected chi connectivity index (χ1v) is 9.27. The number of ether oxygens (including phenoxy) is 2. The highest BCUT2D eigenvalue weighted by atomic mass is 35.5. The van der Waals surface area contributed by atoms with Crippen molar-refractivity contribution in [1.29, 1.82) is 0 Å². The Morgan fingerprint density at radius 3 is 2.54 bits per heavy atom. The summed E-state index contributed by atoms with van der Waals surface area (Å²) < 4.78 is 10.5. The summed E-state index contributed by atoms with van der Waals surface area (Å²) in [4.78, 5) is 23.3. The first-order chi connectivity index (χ1) is 13.4. The number of carbonyl (C=O) groups is 1. The molecular weight excluding hydrogens is 384 g/mol. The van der Waals surface area contributed by atoms with Crippen molar-refractivity contribution in [3.8, 4) is 5.75 Å². The third-order valence-electron chi connectivity index (χ3n) is 5.13. The molecule has 0 bridgehead atoms. The lowest BCUT2D eigenvalue weighted by Crippen LogP contribution is -2.44. The van der Waals surface area contributed by atoms with E-state index in [9.17, 15) is 14.9 Å². The molecule has 0 unspecified atom stereocenters. The zero-order valence-electron chi connectivity index (χ0n) is 15.4. The van der Waals surface area contributed by atoms with Crippen molar-refractivity contribution in [1.82, 2.24) is 5.32 Å². The molecule has 2 aromatic rings. The Hall–Kier alpha value is -2.64. The minimum Gasteiger partial charge on any atom is -0.490 e. The third-order valence-corrected chi connectivity index (χ3v) is 5.38. The molecule has 0 atom stereocenters. The van der Waals surface area contributed by atoms with Gasteiger partial charge in [-0.1, -0.05) is 23.7 Å². The summed E-state index contributed by atoms with van der Waals surface area (Å²) >= 11 is 6.01. The molecule has 2 aromatic carbocycles. The topological polar surface area (TPSA) is 90.7 Å². The zero-order valence-corrected chi connectivity index (χ0v) is 16.2. The summed E-state index contributed by atoms with van der Waals surface area (Å²) in [5, 5.41) is 14.8. The van der Waals surface area contributed by atoms with Crippen LogP contribution in [0.4, 0.5) is 5.69 Å². The minimum absolute atomic E-state index is 0.114. The second-order valence-electron chi connectivity index (χ2n) is 6.73. The second kappa shape index (κ2) is 8.58. The van der Waals surface area contributed by atoms with Gasteiger partial charge in [-0.05, 0) is 42.7 Å². The molecule has 3 rings (SSSR count). The van der Waals surface area contributed by atoms with Crippen LogP contribution in [0.5, 0.6) is 5.75 Å². The Morgan fingerprint density at radius 2 is 1.93 bits per heavy atom. The van der Waals surface area contributed by atoms with Crippen molar-refractivity contribution >= 4 is 23.2 Å². The number of benzene rings is 2. The lowest BCUT2D eigenvalue weighted by atomic mass is 9.74. The predicted octanol–water partition coefficient (Wildman–Crippen LogP) is 3.74. The smallest absolute Gasteiger partial charge is 0.311 e. The normalized spacial score (nSPS) is 15.6. The number of amides is 1. The van der Waals surface area contributed by atoms with Gasteiger partial charge in [-0.2, -0.15) is 0 Å². The lowest BCUT2D eigenvalue weighted by Gasteiger charge is -2.38. The number of nitrogens with one attached hydrogen (secondary N) is 1. The van der Waals surface area contributed by atoms with Gasteiger partial charge >= 0.3 is 5.69 Å². The number of nitro groups is 1. The first kappa shape index (κ1) is 20.1. The highest BCUT2D eigenvalue weighted by Crippen LogP contribution is 2.35. The fourth-order valence-corrected chi connectivity index (χ4v) is 3.58. The number of nitrogens with zero attached hydrogens (tertiary/aromatic N) is 1.